The summed E-state index contributed by atoms with van der Waals surface area (Å²) >= 11 is 3.40. The molecule has 2 nitrogen and oxygen atoms in total. The Morgan fingerprint density at radius 1 is 0.870 bits per heavy atom. The number of benzene rings is 3. The summed E-state index contributed by atoms with van der Waals surface area (Å²) in [5, 5.41) is 2.99. The van der Waals surface area contributed by atoms with Crippen molar-refractivity contribution < 1.29 is 4.79 Å². The first kappa shape index (κ1) is 14.2. The minimum absolute atomic E-state index is 0.0686. The highest BCUT2D eigenvalue weighted by Gasteiger charge is 2.23. The number of anilines is 1. The van der Waals surface area contributed by atoms with Crippen LogP contribution in [0.4, 0.5) is 5.69 Å². The van der Waals surface area contributed by atoms with Gasteiger partial charge in [-0.3, -0.25) is 4.79 Å². The number of halogens is 1. The van der Waals surface area contributed by atoms with Gasteiger partial charge in [0.25, 0.3) is 5.91 Å². The van der Waals surface area contributed by atoms with Crippen LogP contribution in [0.1, 0.15) is 21.5 Å². The summed E-state index contributed by atoms with van der Waals surface area (Å²) in [7, 11) is 0. The van der Waals surface area contributed by atoms with E-state index < -0.39 is 0 Å². The summed E-state index contributed by atoms with van der Waals surface area (Å²) < 4.78 is 0.991. The molecular weight excluding hydrogens is 350 g/mol. The molecule has 0 radical (unpaired) electrons. The smallest absolute Gasteiger partial charge is 0.256 e. The summed E-state index contributed by atoms with van der Waals surface area (Å²) in [5.41, 5.74) is 6.26. The molecule has 0 unspecified atom stereocenters. The fourth-order valence-electron chi connectivity index (χ4n) is 3.11. The van der Waals surface area contributed by atoms with Crippen molar-refractivity contribution in [1.29, 1.82) is 0 Å². The molecule has 0 aliphatic heterocycles. The van der Waals surface area contributed by atoms with Gasteiger partial charge in [0.05, 0.1) is 0 Å². The van der Waals surface area contributed by atoms with Crippen LogP contribution >= 0.6 is 15.9 Å². The quantitative estimate of drug-likeness (QED) is 0.516. The number of rotatable bonds is 2. The average Bonchev–Trinajstić information content (AvgIpc) is 2.95. The number of hydrogen-bond donors (Lipinski definition) is 1. The van der Waals surface area contributed by atoms with Gasteiger partial charge in [-0.1, -0.05) is 52.3 Å². The Morgan fingerprint density at radius 2 is 1.61 bits per heavy atom. The Labute approximate surface area is 143 Å². The molecule has 0 saturated carbocycles. The lowest BCUT2D eigenvalue weighted by Crippen LogP contribution is -2.13. The van der Waals surface area contributed by atoms with Gasteiger partial charge in [-0.15, -0.1) is 0 Å². The molecule has 1 aliphatic rings. The normalized spacial score (nSPS) is 11.7. The zero-order valence-corrected chi connectivity index (χ0v) is 13.9. The lowest BCUT2D eigenvalue weighted by atomic mass is 9.99. The maximum Gasteiger partial charge on any atom is 0.256 e. The van der Waals surface area contributed by atoms with E-state index in [0.29, 0.717) is 0 Å². The number of nitrogens with one attached hydrogen (secondary N) is 1. The van der Waals surface area contributed by atoms with Crippen LogP contribution in [0.3, 0.4) is 0 Å². The third kappa shape index (κ3) is 2.57. The van der Waals surface area contributed by atoms with Crippen LogP contribution in [-0.2, 0) is 6.42 Å². The molecule has 3 aromatic rings. The van der Waals surface area contributed by atoms with E-state index in [1.807, 2.05) is 48.5 Å². The average molecular weight is 364 g/mol. The van der Waals surface area contributed by atoms with Crippen molar-refractivity contribution in [3.63, 3.8) is 0 Å². The van der Waals surface area contributed by atoms with E-state index in [0.717, 1.165) is 27.7 Å². The minimum Gasteiger partial charge on any atom is -0.322 e. The van der Waals surface area contributed by atoms with E-state index in [-0.39, 0.29) is 5.91 Å². The second-order valence-electron chi connectivity index (χ2n) is 5.63. The summed E-state index contributed by atoms with van der Waals surface area (Å²) in [6, 6.07) is 21.9. The number of amides is 1. The van der Waals surface area contributed by atoms with Gasteiger partial charge in [-0.05, 0) is 59.0 Å². The van der Waals surface area contributed by atoms with Crippen LogP contribution in [-0.4, -0.2) is 5.91 Å². The van der Waals surface area contributed by atoms with Crippen LogP contribution in [0.5, 0.6) is 0 Å². The predicted octanol–water partition coefficient (Wildman–Crippen LogP) is 5.27. The topological polar surface area (TPSA) is 29.1 Å². The molecule has 3 aromatic carbocycles. The van der Waals surface area contributed by atoms with E-state index in [2.05, 4.69) is 39.4 Å². The first-order valence-corrected chi connectivity index (χ1v) is 8.29. The number of hydrogen-bond acceptors (Lipinski definition) is 1. The number of fused-ring (bicyclic) bond motifs is 3. The van der Waals surface area contributed by atoms with E-state index in [9.17, 15) is 4.79 Å². The zero-order chi connectivity index (χ0) is 15.8. The minimum atomic E-state index is -0.0686. The van der Waals surface area contributed by atoms with Crippen molar-refractivity contribution in [3.8, 4) is 11.1 Å². The Balaban J connectivity index is 1.73. The number of carbonyl (C=O) groups excluding carboxylic acids is 1. The summed E-state index contributed by atoms with van der Waals surface area (Å²) in [4.78, 5) is 12.7. The second-order valence-corrected chi connectivity index (χ2v) is 6.55. The summed E-state index contributed by atoms with van der Waals surface area (Å²) in [6.07, 6.45) is 0.894. The van der Waals surface area contributed by atoms with E-state index in [1.54, 1.807) is 0 Å². The lowest BCUT2D eigenvalue weighted by Gasteiger charge is -2.10. The standard InChI is InChI=1S/C20H14BrNO/c21-15-8-10-16(11-9-15)22-20(23)18-7-3-5-14-12-13-4-1-2-6-17(13)19(14)18/h1-11H,12H2,(H,22,23). The first-order valence-electron chi connectivity index (χ1n) is 7.49. The van der Waals surface area contributed by atoms with Gasteiger partial charge in [0.15, 0.2) is 0 Å². The lowest BCUT2D eigenvalue weighted by molar-refractivity contribution is 0.102. The Morgan fingerprint density at radius 3 is 2.43 bits per heavy atom. The highest BCUT2D eigenvalue weighted by Crippen LogP contribution is 2.38. The molecule has 0 fully saturated rings. The first-order chi connectivity index (χ1) is 11.2. The van der Waals surface area contributed by atoms with Crippen LogP contribution in [0.25, 0.3) is 11.1 Å². The molecule has 23 heavy (non-hydrogen) atoms. The molecule has 1 amide bonds. The van der Waals surface area contributed by atoms with E-state index in [4.69, 9.17) is 0 Å². The Kier molecular flexibility index (Phi) is 3.50. The molecule has 0 atom stereocenters. The van der Waals surface area contributed by atoms with Gasteiger partial charge in [-0.25, -0.2) is 0 Å². The van der Waals surface area contributed by atoms with Crippen LogP contribution in [0, 0.1) is 0 Å². The van der Waals surface area contributed by atoms with Crippen molar-refractivity contribution in [2.75, 3.05) is 5.32 Å². The molecule has 0 saturated heterocycles. The molecule has 1 aliphatic carbocycles. The maximum absolute atomic E-state index is 12.7. The fraction of sp³-hybridized carbons (Fsp3) is 0.0500. The second kappa shape index (κ2) is 5.67. The van der Waals surface area contributed by atoms with Crippen molar-refractivity contribution in [1.82, 2.24) is 0 Å². The molecule has 4 rings (SSSR count). The van der Waals surface area contributed by atoms with E-state index in [1.165, 1.54) is 16.7 Å². The van der Waals surface area contributed by atoms with Crippen LogP contribution < -0.4 is 5.32 Å². The third-order valence-electron chi connectivity index (χ3n) is 4.17. The van der Waals surface area contributed by atoms with Crippen molar-refractivity contribution in [2.24, 2.45) is 0 Å². The van der Waals surface area contributed by atoms with Crippen molar-refractivity contribution in [2.45, 2.75) is 6.42 Å². The van der Waals surface area contributed by atoms with Gasteiger partial charge < -0.3 is 5.32 Å². The molecule has 112 valence electrons. The fourth-order valence-corrected chi connectivity index (χ4v) is 3.37. The molecule has 0 spiro atoms. The molecule has 3 heteroatoms. The maximum atomic E-state index is 12.7. The Bertz CT molecular complexity index is 900. The Hall–Kier alpha value is -2.39. The third-order valence-corrected chi connectivity index (χ3v) is 4.69. The van der Waals surface area contributed by atoms with Gasteiger partial charge in [-0.2, -0.15) is 0 Å². The molecule has 0 heterocycles. The predicted molar refractivity (Wildman–Crippen MR) is 96.8 cm³/mol. The van der Waals surface area contributed by atoms with E-state index >= 15 is 0 Å². The number of carbonyl (C=O) groups is 1. The largest absolute Gasteiger partial charge is 0.322 e. The van der Waals surface area contributed by atoms with Crippen LogP contribution in [0.2, 0.25) is 0 Å². The molecule has 0 aromatic heterocycles. The summed E-state index contributed by atoms with van der Waals surface area (Å²) in [5.74, 6) is -0.0686. The van der Waals surface area contributed by atoms with Gasteiger partial charge in [0, 0.05) is 15.7 Å². The van der Waals surface area contributed by atoms with Crippen LogP contribution in [0.15, 0.2) is 71.2 Å². The molecule has 0 bridgehead atoms. The highest BCUT2D eigenvalue weighted by atomic mass is 79.9. The van der Waals surface area contributed by atoms with Crippen molar-refractivity contribution >= 4 is 27.5 Å². The molecular formula is C20H14BrNO. The highest BCUT2D eigenvalue weighted by molar-refractivity contribution is 9.10. The SMILES string of the molecule is O=C(Nc1ccc(Br)cc1)c1cccc2c1-c1ccccc1C2. The zero-order valence-electron chi connectivity index (χ0n) is 12.3. The molecule has 1 N–H and O–H groups in total. The monoisotopic (exact) mass is 363 g/mol. The van der Waals surface area contributed by atoms with Gasteiger partial charge >= 0.3 is 0 Å². The van der Waals surface area contributed by atoms with Gasteiger partial charge in [0.2, 0.25) is 0 Å². The summed E-state index contributed by atoms with van der Waals surface area (Å²) in [6.45, 7) is 0. The van der Waals surface area contributed by atoms with Gasteiger partial charge in [0.1, 0.15) is 0 Å². The van der Waals surface area contributed by atoms with Crippen molar-refractivity contribution in [3.05, 3.63) is 87.9 Å².